The number of nitrogens with one attached hydrogen (secondary N) is 1. The first-order valence-corrected chi connectivity index (χ1v) is 10.1. The lowest BCUT2D eigenvalue weighted by Gasteiger charge is -2.08. The molecule has 0 atom stereocenters. The van der Waals surface area contributed by atoms with Gasteiger partial charge in [0.15, 0.2) is 12.3 Å². The molecular formula is C23H21N5O5. The molecular weight excluding hydrogens is 426 g/mol. The van der Waals surface area contributed by atoms with Crippen molar-refractivity contribution in [3.8, 4) is 5.69 Å². The zero-order chi connectivity index (χ0) is 23.7. The van der Waals surface area contributed by atoms with Crippen molar-refractivity contribution in [3.05, 3.63) is 86.7 Å². The third kappa shape index (κ3) is 3.93. The van der Waals surface area contributed by atoms with Crippen LogP contribution in [0, 0.1) is 6.92 Å². The van der Waals surface area contributed by atoms with Crippen molar-refractivity contribution in [1.29, 1.82) is 0 Å². The van der Waals surface area contributed by atoms with Gasteiger partial charge in [-0.15, -0.1) is 0 Å². The quantitative estimate of drug-likeness (QED) is 0.464. The van der Waals surface area contributed by atoms with E-state index in [1.54, 1.807) is 67.2 Å². The van der Waals surface area contributed by atoms with Gasteiger partial charge in [-0.05, 0) is 25.1 Å². The summed E-state index contributed by atoms with van der Waals surface area (Å²) >= 11 is 0. The zero-order valence-electron chi connectivity index (χ0n) is 18.2. The average molecular weight is 447 g/mol. The Labute approximate surface area is 187 Å². The number of hydrogen-bond acceptors (Lipinski definition) is 6. The summed E-state index contributed by atoms with van der Waals surface area (Å²) in [4.78, 5) is 50.2. The number of para-hydroxylation sites is 1. The van der Waals surface area contributed by atoms with Crippen LogP contribution in [0.1, 0.15) is 16.2 Å². The van der Waals surface area contributed by atoms with E-state index in [1.165, 1.54) is 11.7 Å². The molecule has 0 saturated heterocycles. The van der Waals surface area contributed by atoms with E-state index in [4.69, 9.17) is 4.74 Å². The largest absolute Gasteiger partial charge is 0.451 e. The summed E-state index contributed by atoms with van der Waals surface area (Å²) in [6, 6.07) is 15.5. The average Bonchev–Trinajstić information content (AvgIpc) is 3.03. The third-order valence-corrected chi connectivity index (χ3v) is 5.30. The SMILES string of the molecule is Cc1c(NC(=O)COC(=O)c2nn(C)c(=O)c3ccccc23)c(=O)n(-c2ccccc2)n1C. The Kier molecular flexibility index (Phi) is 5.65. The number of aryl methyl sites for hydroxylation is 1. The molecule has 4 aromatic rings. The van der Waals surface area contributed by atoms with Crippen LogP contribution in [0.5, 0.6) is 0 Å². The lowest BCUT2D eigenvalue weighted by atomic mass is 10.1. The van der Waals surface area contributed by atoms with Crippen molar-refractivity contribution in [2.45, 2.75) is 6.92 Å². The molecule has 4 rings (SSSR count). The van der Waals surface area contributed by atoms with E-state index in [1.807, 2.05) is 6.07 Å². The second-order valence-corrected chi connectivity index (χ2v) is 7.38. The molecule has 1 amide bonds. The minimum atomic E-state index is -0.858. The molecule has 2 heterocycles. The number of aromatic nitrogens is 4. The molecule has 0 aliphatic rings. The van der Waals surface area contributed by atoms with E-state index in [2.05, 4.69) is 10.4 Å². The minimum absolute atomic E-state index is 0.0807. The van der Waals surface area contributed by atoms with Crippen LogP contribution in [0.3, 0.4) is 0 Å². The Morgan fingerprint density at radius 3 is 2.27 bits per heavy atom. The summed E-state index contributed by atoms with van der Waals surface area (Å²) < 4.78 is 9.21. The smallest absolute Gasteiger partial charge is 0.359 e. The standard InChI is InChI=1S/C23H21N5O5/c1-14-19(22(31)28(27(14)3)15-9-5-4-6-10-15)24-18(29)13-33-23(32)20-16-11-7-8-12-17(16)21(30)26(2)25-20/h4-12H,13H2,1-3H3,(H,24,29). The number of hydrogen-bond donors (Lipinski definition) is 1. The first kappa shape index (κ1) is 21.8. The molecule has 33 heavy (non-hydrogen) atoms. The van der Waals surface area contributed by atoms with E-state index in [-0.39, 0.29) is 16.9 Å². The summed E-state index contributed by atoms with van der Waals surface area (Å²) in [5, 5.41) is 7.15. The molecule has 2 aromatic heterocycles. The van der Waals surface area contributed by atoms with Crippen LogP contribution in [-0.4, -0.2) is 37.6 Å². The topological polar surface area (TPSA) is 117 Å². The number of fused-ring (bicyclic) bond motifs is 1. The summed E-state index contributed by atoms with van der Waals surface area (Å²) in [5.74, 6) is -1.54. The maximum absolute atomic E-state index is 12.9. The second-order valence-electron chi connectivity index (χ2n) is 7.38. The Bertz CT molecular complexity index is 1500. The van der Waals surface area contributed by atoms with Crippen molar-refractivity contribution in [3.63, 3.8) is 0 Å². The minimum Gasteiger partial charge on any atom is -0.451 e. The monoisotopic (exact) mass is 447 g/mol. The molecule has 1 N–H and O–H groups in total. The molecule has 0 radical (unpaired) electrons. The fourth-order valence-corrected chi connectivity index (χ4v) is 3.54. The molecule has 2 aromatic carbocycles. The maximum Gasteiger partial charge on any atom is 0.359 e. The van der Waals surface area contributed by atoms with Gasteiger partial charge in [-0.3, -0.25) is 19.1 Å². The van der Waals surface area contributed by atoms with E-state index >= 15 is 0 Å². The molecule has 0 saturated carbocycles. The number of anilines is 1. The number of rotatable bonds is 5. The second kappa shape index (κ2) is 8.58. The van der Waals surface area contributed by atoms with Crippen molar-refractivity contribution >= 4 is 28.3 Å². The Morgan fingerprint density at radius 2 is 1.58 bits per heavy atom. The number of carbonyl (C=O) groups excluding carboxylic acids is 2. The molecule has 0 unspecified atom stereocenters. The van der Waals surface area contributed by atoms with Gasteiger partial charge in [0.1, 0.15) is 5.69 Å². The summed E-state index contributed by atoms with van der Waals surface area (Å²) in [6.07, 6.45) is 0. The van der Waals surface area contributed by atoms with Crippen molar-refractivity contribution in [1.82, 2.24) is 19.1 Å². The number of benzene rings is 2. The molecule has 10 nitrogen and oxygen atoms in total. The van der Waals surface area contributed by atoms with Crippen molar-refractivity contribution in [2.24, 2.45) is 14.1 Å². The molecule has 168 valence electrons. The lowest BCUT2D eigenvalue weighted by molar-refractivity contribution is -0.119. The number of nitrogens with zero attached hydrogens (tertiary/aromatic N) is 4. The first-order valence-electron chi connectivity index (χ1n) is 10.1. The van der Waals surface area contributed by atoms with Crippen LogP contribution < -0.4 is 16.4 Å². The van der Waals surface area contributed by atoms with Gasteiger partial charge in [-0.1, -0.05) is 36.4 Å². The van der Waals surface area contributed by atoms with E-state index < -0.39 is 24.0 Å². The summed E-state index contributed by atoms with van der Waals surface area (Å²) in [6.45, 7) is 1.07. The molecule has 0 spiro atoms. The van der Waals surface area contributed by atoms with Gasteiger partial charge in [-0.2, -0.15) is 5.10 Å². The van der Waals surface area contributed by atoms with Crippen molar-refractivity contribution < 1.29 is 14.3 Å². The molecule has 0 bridgehead atoms. The van der Waals surface area contributed by atoms with Crippen LogP contribution in [0.2, 0.25) is 0 Å². The van der Waals surface area contributed by atoms with Crippen LogP contribution in [0.15, 0.2) is 64.2 Å². The normalized spacial score (nSPS) is 10.9. The summed E-state index contributed by atoms with van der Waals surface area (Å²) in [5.41, 5.74) is 0.429. The van der Waals surface area contributed by atoms with Crippen LogP contribution in [-0.2, 0) is 23.6 Å². The third-order valence-electron chi connectivity index (χ3n) is 5.30. The number of amides is 1. The van der Waals surface area contributed by atoms with Gasteiger partial charge >= 0.3 is 5.97 Å². The fraction of sp³-hybridized carbons (Fsp3) is 0.174. The zero-order valence-corrected chi connectivity index (χ0v) is 18.2. The van der Waals surface area contributed by atoms with E-state index in [0.717, 1.165) is 4.68 Å². The van der Waals surface area contributed by atoms with Gasteiger partial charge in [0, 0.05) is 19.5 Å². The fourth-order valence-electron chi connectivity index (χ4n) is 3.54. The number of carbonyl (C=O) groups is 2. The number of ether oxygens (including phenoxy) is 1. The maximum atomic E-state index is 12.9. The first-order chi connectivity index (χ1) is 15.8. The van der Waals surface area contributed by atoms with Crippen molar-refractivity contribution in [2.75, 3.05) is 11.9 Å². The van der Waals surface area contributed by atoms with Gasteiger partial charge in [0.05, 0.1) is 16.8 Å². The van der Waals surface area contributed by atoms with Gasteiger partial charge < -0.3 is 10.1 Å². The Morgan fingerprint density at radius 1 is 0.939 bits per heavy atom. The molecule has 0 aliphatic carbocycles. The highest BCUT2D eigenvalue weighted by atomic mass is 16.5. The van der Waals surface area contributed by atoms with Crippen LogP contribution in [0.4, 0.5) is 5.69 Å². The van der Waals surface area contributed by atoms with Gasteiger partial charge in [0.25, 0.3) is 17.0 Å². The van der Waals surface area contributed by atoms with E-state index in [0.29, 0.717) is 22.2 Å². The summed E-state index contributed by atoms with van der Waals surface area (Å²) in [7, 11) is 3.13. The molecule has 0 aliphatic heterocycles. The Hall–Kier alpha value is -4.47. The highest BCUT2D eigenvalue weighted by molar-refractivity contribution is 6.03. The van der Waals surface area contributed by atoms with Gasteiger partial charge in [-0.25, -0.2) is 14.2 Å². The highest BCUT2D eigenvalue weighted by Crippen LogP contribution is 2.15. The van der Waals surface area contributed by atoms with Crippen LogP contribution >= 0.6 is 0 Å². The highest BCUT2D eigenvalue weighted by Gasteiger charge is 2.21. The predicted molar refractivity (Wildman–Crippen MR) is 122 cm³/mol. The molecule has 10 heteroatoms. The number of esters is 1. The lowest BCUT2D eigenvalue weighted by Crippen LogP contribution is -2.27. The molecule has 0 fully saturated rings. The Balaban J connectivity index is 1.53. The predicted octanol–water partition coefficient (Wildman–Crippen LogP) is 1.53. The van der Waals surface area contributed by atoms with E-state index in [9.17, 15) is 19.2 Å². The van der Waals surface area contributed by atoms with Gasteiger partial charge in [0.2, 0.25) is 0 Å². The van der Waals surface area contributed by atoms with Crippen LogP contribution in [0.25, 0.3) is 16.5 Å².